The summed E-state index contributed by atoms with van der Waals surface area (Å²) in [6.07, 6.45) is 0.626. The second-order valence-corrected chi connectivity index (χ2v) is 7.91. The number of hydrogen-bond donors (Lipinski definition) is 1. The Morgan fingerprint density at radius 2 is 1.79 bits per heavy atom. The average Bonchev–Trinajstić information content (AvgIpc) is 2.75. The van der Waals surface area contributed by atoms with Crippen LogP contribution in [-0.2, 0) is 21.2 Å². The minimum Gasteiger partial charge on any atom is -0.481 e. The molecule has 24 heavy (non-hydrogen) atoms. The highest BCUT2D eigenvalue weighted by Crippen LogP contribution is 2.33. The third-order valence-corrected chi connectivity index (χ3v) is 6.19. The first kappa shape index (κ1) is 16.5. The van der Waals surface area contributed by atoms with E-state index in [9.17, 15) is 18.3 Å². The van der Waals surface area contributed by atoms with Crippen molar-refractivity contribution in [3.63, 3.8) is 0 Å². The summed E-state index contributed by atoms with van der Waals surface area (Å²) in [6.45, 7) is 2.05. The minimum absolute atomic E-state index is 0.157. The summed E-state index contributed by atoms with van der Waals surface area (Å²) in [6, 6.07) is 13.8. The fraction of sp³-hybridized carbons (Fsp3) is 0.278. The van der Waals surface area contributed by atoms with Gasteiger partial charge < -0.3 is 5.11 Å². The highest BCUT2D eigenvalue weighted by atomic mass is 32.2. The molecule has 0 aliphatic carbocycles. The molecule has 126 valence electrons. The highest BCUT2D eigenvalue weighted by molar-refractivity contribution is 7.92. The van der Waals surface area contributed by atoms with Crippen molar-refractivity contribution < 1.29 is 18.3 Å². The number of benzene rings is 2. The fourth-order valence-electron chi connectivity index (χ4n) is 2.99. The van der Waals surface area contributed by atoms with E-state index in [1.54, 1.807) is 48.5 Å². The number of aliphatic carboxylic acids is 1. The van der Waals surface area contributed by atoms with Crippen LogP contribution in [0.5, 0.6) is 0 Å². The van der Waals surface area contributed by atoms with E-state index >= 15 is 0 Å². The van der Waals surface area contributed by atoms with Crippen LogP contribution in [0, 0.1) is 12.8 Å². The summed E-state index contributed by atoms with van der Waals surface area (Å²) in [7, 11) is -3.72. The summed E-state index contributed by atoms with van der Waals surface area (Å²) in [4.78, 5) is 11.6. The summed E-state index contributed by atoms with van der Waals surface area (Å²) in [5.74, 6) is -1.47. The van der Waals surface area contributed by atoms with Crippen LogP contribution in [0.15, 0.2) is 53.4 Å². The van der Waals surface area contributed by atoms with E-state index in [1.165, 1.54) is 4.31 Å². The molecule has 1 heterocycles. The molecule has 0 saturated heterocycles. The van der Waals surface area contributed by atoms with Gasteiger partial charge in [0.2, 0.25) is 0 Å². The van der Waals surface area contributed by atoms with Gasteiger partial charge in [-0.15, -0.1) is 0 Å². The molecule has 6 heteroatoms. The molecule has 0 amide bonds. The number of carbonyl (C=O) groups is 1. The lowest BCUT2D eigenvalue weighted by Gasteiger charge is -2.24. The van der Waals surface area contributed by atoms with E-state index in [4.69, 9.17) is 0 Å². The lowest BCUT2D eigenvalue weighted by atomic mass is 9.97. The van der Waals surface area contributed by atoms with E-state index < -0.39 is 21.9 Å². The molecule has 0 bridgehead atoms. The predicted molar refractivity (Wildman–Crippen MR) is 91.6 cm³/mol. The number of carboxylic acid groups (broad SMARTS) is 1. The third kappa shape index (κ3) is 3.01. The standard InChI is InChI=1S/C18H19NO4S/c1-13-6-8-16(9-7-13)24(22,23)19-11-10-15(18(20)21)12-14-4-2-3-5-17(14)19/h2-9,15H,10-12H2,1H3,(H,20,21). The Balaban J connectivity index is 2.07. The number of fused-ring (bicyclic) bond motifs is 1. The number of aryl methyl sites for hydroxylation is 1. The second kappa shape index (κ2) is 6.28. The molecule has 3 rings (SSSR count). The molecule has 0 aromatic heterocycles. The lowest BCUT2D eigenvalue weighted by molar-refractivity contribution is -0.141. The van der Waals surface area contributed by atoms with Gasteiger partial charge in [0.05, 0.1) is 16.5 Å². The maximum absolute atomic E-state index is 13.1. The summed E-state index contributed by atoms with van der Waals surface area (Å²) in [5, 5.41) is 9.36. The van der Waals surface area contributed by atoms with Gasteiger partial charge in [0.25, 0.3) is 10.0 Å². The Labute approximate surface area is 141 Å². The van der Waals surface area contributed by atoms with Gasteiger partial charge in [-0.2, -0.15) is 0 Å². The molecular formula is C18H19NO4S. The van der Waals surface area contributed by atoms with Crippen LogP contribution in [0.1, 0.15) is 17.5 Å². The molecule has 1 aliphatic rings. The molecule has 0 spiro atoms. The maximum Gasteiger partial charge on any atom is 0.306 e. The second-order valence-electron chi connectivity index (χ2n) is 6.05. The Morgan fingerprint density at radius 3 is 2.46 bits per heavy atom. The van der Waals surface area contributed by atoms with Crippen molar-refractivity contribution >= 4 is 21.7 Å². The zero-order chi connectivity index (χ0) is 17.3. The minimum atomic E-state index is -3.72. The van der Waals surface area contributed by atoms with Crippen molar-refractivity contribution in [1.29, 1.82) is 0 Å². The normalized spacial score (nSPS) is 17.9. The summed E-state index contributed by atoms with van der Waals surface area (Å²) >= 11 is 0. The third-order valence-electron chi connectivity index (χ3n) is 4.37. The Bertz CT molecular complexity index is 859. The van der Waals surface area contributed by atoms with Crippen molar-refractivity contribution in [2.75, 3.05) is 10.8 Å². The molecule has 0 radical (unpaired) electrons. The Hall–Kier alpha value is -2.34. The van der Waals surface area contributed by atoms with Crippen molar-refractivity contribution in [1.82, 2.24) is 0 Å². The van der Waals surface area contributed by atoms with Gasteiger partial charge in [-0.25, -0.2) is 8.42 Å². The highest BCUT2D eigenvalue weighted by Gasteiger charge is 2.32. The van der Waals surface area contributed by atoms with Crippen LogP contribution in [0.3, 0.4) is 0 Å². The SMILES string of the molecule is Cc1ccc(S(=O)(=O)N2CCC(C(=O)O)Cc3ccccc32)cc1. The van der Waals surface area contributed by atoms with Crippen LogP contribution < -0.4 is 4.31 Å². The van der Waals surface area contributed by atoms with Crippen LogP contribution in [-0.4, -0.2) is 26.0 Å². The van der Waals surface area contributed by atoms with Crippen molar-refractivity contribution in [2.45, 2.75) is 24.7 Å². The molecular weight excluding hydrogens is 326 g/mol. The first-order chi connectivity index (χ1) is 11.4. The zero-order valence-corrected chi connectivity index (χ0v) is 14.2. The van der Waals surface area contributed by atoms with E-state index in [-0.39, 0.29) is 17.9 Å². The van der Waals surface area contributed by atoms with Gasteiger partial charge in [0, 0.05) is 6.54 Å². The summed E-state index contributed by atoms with van der Waals surface area (Å²) in [5.41, 5.74) is 2.30. The molecule has 1 N–H and O–H groups in total. The van der Waals surface area contributed by atoms with Gasteiger partial charge in [-0.3, -0.25) is 9.10 Å². The van der Waals surface area contributed by atoms with E-state index in [0.29, 0.717) is 12.1 Å². The number of nitrogens with zero attached hydrogens (tertiary/aromatic N) is 1. The van der Waals surface area contributed by atoms with E-state index in [0.717, 1.165) is 11.1 Å². The van der Waals surface area contributed by atoms with E-state index in [2.05, 4.69) is 0 Å². The number of sulfonamides is 1. The van der Waals surface area contributed by atoms with Gasteiger partial charge >= 0.3 is 5.97 Å². The van der Waals surface area contributed by atoms with Gasteiger partial charge in [0.1, 0.15) is 0 Å². The number of carboxylic acids is 1. The van der Waals surface area contributed by atoms with E-state index in [1.807, 2.05) is 6.92 Å². The number of hydrogen-bond acceptors (Lipinski definition) is 3. The van der Waals surface area contributed by atoms with Crippen molar-refractivity contribution in [3.8, 4) is 0 Å². The van der Waals surface area contributed by atoms with Crippen LogP contribution >= 0.6 is 0 Å². The number of rotatable bonds is 3. The monoisotopic (exact) mass is 345 g/mol. The van der Waals surface area contributed by atoms with Crippen LogP contribution in [0.4, 0.5) is 5.69 Å². The molecule has 2 aromatic rings. The molecule has 1 atom stereocenters. The van der Waals surface area contributed by atoms with Crippen molar-refractivity contribution in [2.24, 2.45) is 5.92 Å². The van der Waals surface area contributed by atoms with Gasteiger partial charge in [-0.05, 0) is 43.5 Å². The lowest BCUT2D eigenvalue weighted by Crippen LogP contribution is -2.32. The molecule has 0 fully saturated rings. The van der Waals surface area contributed by atoms with Crippen molar-refractivity contribution in [3.05, 3.63) is 59.7 Å². The molecule has 1 unspecified atom stereocenters. The van der Waals surface area contributed by atoms with Gasteiger partial charge in [-0.1, -0.05) is 35.9 Å². The Kier molecular flexibility index (Phi) is 4.32. The first-order valence-corrected chi connectivity index (χ1v) is 9.24. The maximum atomic E-state index is 13.1. The van der Waals surface area contributed by atoms with Gasteiger partial charge in [0.15, 0.2) is 0 Å². The first-order valence-electron chi connectivity index (χ1n) is 7.80. The van der Waals surface area contributed by atoms with Crippen LogP contribution in [0.25, 0.3) is 0 Å². The predicted octanol–water partition coefficient (Wildman–Crippen LogP) is 2.84. The molecule has 0 saturated carbocycles. The Morgan fingerprint density at radius 1 is 1.12 bits per heavy atom. The number of para-hydroxylation sites is 1. The topological polar surface area (TPSA) is 74.7 Å². The fourth-order valence-corrected chi connectivity index (χ4v) is 4.50. The average molecular weight is 345 g/mol. The molecule has 1 aliphatic heterocycles. The zero-order valence-electron chi connectivity index (χ0n) is 13.3. The summed E-state index contributed by atoms with van der Waals surface area (Å²) < 4.78 is 27.5. The molecule has 5 nitrogen and oxygen atoms in total. The smallest absolute Gasteiger partial charge is 0.306 e. The van der Waals surface area contributed by atoms with Crippen LogP contribution in [0.2, 0.25) is 0 Å². The quantitative estimate of drug-likeness (QED) is 0.928. The molecule has 2 aromatic carbocycles. The largest absolute Gasteiger partial charge is 0.481 e. The number of anilines is 1.